The summed E-state index contributed by atoms with van der Waals surface area (Å²) in [5, 5.41) is 6.67. The predicted molar refractivity (Wildman–Crippen MR) is 80.2 cm³/mol. The molecule has 2 amide bonds. The number of anilines is 1. The minimum absolute atomic E-state index is 0.235. The van der Waals surface area contributed by atoms with Crippen LogP contribution in [0.25, 0.3) is 0 Å². The van der Waals surface area contributed by atoms with Gasteiger partial charge in [-0.2, -0.15) is 0 Å². The molecule has 1 aliphatic rings. The number of aryl methyl sites for hydroxylation is 1. The van der Waals surface area contributed by atoms with Gasteiger partial charge in [0.25, 0.3) is 0 Å². The van der Waals surface area contributed by atoms with Gasteiger partial charge in [0, 0.05) is 6.04 Å². The van der Waals surface area contributed by atoms with Crippen molar-refractivity contribution in [2.45, 2.75) is 45.1 Å². The maximum atomic E-state index is 12.0. The van der Waals surface area contributed by atoms with E-state index < -0.39 is 0 Å². The molecule has 3 nitrogen and oxygen atoms in total. The first-order valence-corrected chi connectivity index (χ1v) is 7.35. The molecule has 1 aliphatic carbocycles. The predicted octanol–water partition coefficient (Wildman–Crippen LogP) is 4.76. The zero-order valence-corrected chi connectivity index (χ0v) is 12.4. The summed E-state index contributed by atoms with van der Waals surface area (Å²) in [7, 11) is 0. The molecule has 0 spiro atoms. The number of halogens is 2. The van der Waals surface area contributed by atoms with Crippen LogP contribution in [0.15, 0.2) is 12.1 Å². The molecule has 2 rings (SSSR count). The van der Waals surface area contributed by atoms with Crippen molar-refractivity contribution in [1.29, 1.82) is 0 Å². The number of benzene rings is 1. The molecule has 1 fully saturated rings. The largest absolute Gasteiger partial charge is 0.335 e. The highest BCUT2D eigenvalue weighted by Gasteiger charge is 2.17. The van der Waals surface area contributed by atoms with E-state index in [1.165, 1.54) is 19.3 Å². The summed E-state index contributed by atoms with van der Waals surface area (Å²) in [6.45, 7) is 1.88. The molecule has 0 atom stereocenters. The average molecular weight is 301 g/mol. The Morgan fingerprint density at radius 2 is 1.89 bits per heavy atom. The SMILES string of the molecule is Cc1ccc(Cl)c(NC(=O)NC2CCCCC2)c1Cl. The Hall–Kier alpha value is -0.930. The van der Waals surface area contributed by atoms with Crippen LogP contribution >= 0.6 is 23.2 Å². The number of hydrogen-bond donors (Lipinski definition) is 2. The van der Waals surface area contributed by atoms with Crippen molar-refractivity contribution in [3.63, 3.8) is 0 Å². The molecule has 19 heavy (non-hydrogen) atoms. The van der Waals surface area contributed by atoms with Gasteiger partial charge in [0.2, 0.25) is 0 Å². The molecule has 0 heterocycles. The standard InChI is InChI=1S/C14H18Cl2N2O/c1-9-7-8-11(15)13(12(9)16)18-14(19)17-10-5-3-2-4-6-10/h7-8,10H,2-6H2,1H3,(H2,17,18,19). The quantitative estimate of drug-likeness (QED) is 0.812. The molecule has 0 saturated heterocycles. The Morgan fingerprint density at radius 3 is 2.58 bits per heavy atom. The van der Waals surface area contributed by atoms with Crippen LogP contribution in [0, 0.1) is 6.92 Å². The molecule has 1 aromatic carbocycles. The van der Waals surface area contributed by atoms with E-state index in [1.54, 1.807) is 6.07 Å². The molecule has 1 aromatic rings. The number of carbonyl (C=O) groups is 1. The Kier molecular flexibility index (Phi) is 4.94. The van der Waals surface area contributed by atoms with Crippen molar-refractivity contribution in [3.8, 4) is 0 Å². The summed E-state index contributed by atoms with van der Waals surface area (Å²) in [6.07, 6.45) is 5.70. The second-order valence-electron chi connectivity index (χ2n) is 4.99. The molecule has 5 heteroatoms. The fourth-order valence-corrected chi connectivity index (χ4v) is 2.82. The summed E-state index contributed by atoms with van der Waals surface area (Å²) in [5.74, 6) is 0. The van der Waals surface area contributed by atoms with Gasteiger partial charge >= 0.3 is 6.03 Å². The summed E-state index contributed by atoms with van der Waals surface area (Å²) in [5.41, 5.74) is 1.37. The first-order chi connectivity index (χ1) is 9.08. The minimum Gasteiger partial charge on any atom is -0.335 e. The van der Waals surface area contributed by atoms with Crippen molar-refractivity contribution in [2.75, 3.05) is 5.32 Å². The first-order valence-electron chi connectivity index (χ1n) is 6.60. The molecule has 1 saturated carbocycles. The molecule has 2 N–H and O–H groups in total. The second-order valence-corrected chi connectivity index (χ2v) is 5.77. The van der Waals surface area contributed by atoms with Crippen molar-refractivity contribution in [1.82, 2.24) is 5.32 Å². The van der Waals surface area contributed by atoms with E-state index in [0.717, 1.165) is 18.4 Å². The number of carbonyl (C=O) groups excluding carboxylic acids is 1. The summed E-state index contributed by atoms with van der Waals surface area (Å²) < 4.78 is 0. The van der Waals surface area contributed by atoms with Crippen LogP contribution in [0.4, 0.5) is 10.5 Å². The Labute approximate surface area is 123 Å². The molecule has 0 aromatic heterocycles. The van der Waals surface area contributed by atoms with Crippen LogP contribution < -0.4 is 10.6 Å². The first kappa shape index (κ1) is 14.5. The van der Waals surface area contributed by atoms with Crippen LogP contribution in [-0.2, 0) is 0 Å². The summed E-state index contributed by atoms with van der Waals surface area (Å²) in [4.78, 5) is 12.0. The Balaban J connectivity index is 2.00. The van der Waals surface area contributed by atoms with E-state index in [4.69, 9.17) is 23.2 Å². The van der Waals surface area contributed by atoms with E-state index >= 15 is 0 Å². The molecular weight excluding hydrogens is 283 g/mol. The third-order valence-electron chi connectivity index (χ3n) is 3.46. The van der Waals surface area contributed by atoms with Crippen LogP contribution in [0.3, 0.4) is 0 Å². The summed E-state index contributed by atoms with van der Waals surface area (Å²) >= 11 is 12.2. The van der Waals surface area contributed by atoms with Crippen LogP contribution in [0.2, 0.25) is 10.0 Å². The Morgan fingerprint density at radius 1 is 1.21 bits per heavy atom. The van der Waals surface area contributed by atoms with Gasteiger partial charge in [0.15, 0.2) is 0 Å². The Bertz CT molecular complexity index is 471. The van der Waals surface area contributed by atoms with Crippen molar-refractivity contribution >= 4 is 34.9 Å². The zero-order valence-electron chi connectivity index (χ0n) is 10.9. The van der Waals surface area contributed by atoms with Crippen molar-refractivity contribution < 1.29 is 4.79 Å². The maximum absolute atomic E-state index is 12.0. The molecule has 0 unspecified atom stereocenters. The van der Waals surface area contributed by atoms with E-state index in [9.17, 15) is 4.79 Å². The van der Waals surface area contributed by atoms with Crippen LogP contribution in [0.5, 0.6) is 0 Å². The van der Waals surface area contributed by atoms with E-state index in [2.05, 4.69) is 10.6 Å². The normalized spacial score (nSPS) is 16.2. The van der Waals surface area contributed by atoms with Crippen molar-refractivity contribution in [2.24, 2.45) is 0 Å². The number of nitrogens with one attached hydrogen (secondary N) is 2. The lowest BCUT2D eigenvalue weighted by Crippen LogP contribution is -2.39. The lowest BCUT2D eigenvalue weighted by Gasteiger charge is -2.23. The molecule has 0 bridgehead atoms. The van der Waals surface area contributed by atoms with Gasteiger partial charge in [-0.25, -0.2) is 4.79 Å². The van der Waals surface area contributed by atoms with Crippen molar-refractivity contribution in [3.05, 3.63) is 27.7 Å². The fourth-order valence-electron chi connectivity index (χ4n) is 2.35. The lowest BCUT2D eigenvalue weighted by molar-refractivity contribution is 0.244. The van der Waals surface area contributed by atoms with Gasteiger partial charge in [0.05, 0.1) is 15.7 Å². The molecule has 104 valence electrons. The number of amides is 2. The van der Waals surface area contributed by atoms with Gasteiger partial charge in [-0.3, -0.25) is 0 Å². The van der Waals surface area contributed by atoms with Gasteiger partial charge in [0.1, 0.15) is 0 Å². The molecular formula is C14H18Cl2N2O. The smallest absolute Gasteiger partial charge is 0.319 e. The van der Waals surface area contributed by atoms with Gasteiger partial charge in [-0.1, -0.05) is 48.5 Å². The van der Waals surface area contributed by atoms with Gasteiger partial charge in [-0.05, 0) is 31.4 Å². The minimum atomic E-state index is -0.235. The third kappa shape index (κ3) is 3.77. The van der Waals surface area contributed by atoms with Gasteiger partial charge in [-0.15, -0.1) is 0 Å². The summed E-state index contributed by atoms with van der Waals surface area (Å²) in [6, 6.07) is 3.59. The average Bonchev–Trinajstić information content (AvgIpc) is 2.40. The highest BCUT2D eigenvalue weighted by atomic mass is 35.5. The third-order valence-corrected chi connectivity index (χ3v) is 4.27. The zero-order chi connectivity index (χ0) is 13.8. The molecule has 0 aliphatic heterocycles. The van der Waals surface area contributed by atoms with Crippen LogP contribution in [0.1, 0.15) is 37.7 Å². The second kappa shape index (κ2) is 6.49. The van der Waals surface area contributed by atoms with E-state index in [-0.39, 0.29) is 12.1 Å². The monoisotopic (exact) mass is 300 g/mol. The van der Waals surface area contributed by atoms with Crippen LogP contribution in [-0.4, -0.2) is 12.1 Å². The highest BCUT2D eigenvalue weighted by molar-refractivity contribution is 6.40. The molecule has 0 radical (unpaired) electrons. The fraction of sp³-hybridized carbons (Fsp3) is 0.500. The topological polar surface area (TPSA) is 41.1 Å². The van der Waals surface area contributed by atoms with E-state index in [1.807, 2.05) is 13.0 Å². The van der Waals surface area contributed by atoms with Gasteiger partial charge < -0.3 is 10.6 Å². The highest BCUT2D eigenvalue weighted by Crippen LogP contribution is 2.32. The number of urea groups is 1. The number of hydrogen-bond acceptors (Lipinski definition) is 1. The number of rotatable bonds is 2. The van der Waals surface area contributed by atoms with E-state index in [0.29, 0.717) is 15.7 Å². The maximum Gasteiger partial charge on any atom is 0.319 e. The lowest BCUT2D eigenvalue weighted by atomic mass is 9.96.